The molecule has 0 amide bonds. The zero-order valence-corrected chi connectivity index (χ0v) is 17.0. The number of halogens is 1. The Hall–Kier alpha value is -2.85. The van der Waals surface area contributed by atoms with Gasteiger partial charge in [-0.3, -0.25) is 0 Å². The van der Waals surface area contributed by atoms with E-state index in [2.05, 4.69) is 36.5 Å². The van der Waals surface area contributed by atoms with Crippen molar-refractivity contribution in [2.75, 3.05) is 7.11 Å². The highest BCUT2D eigenvalue weighted by Gasteiger charge is 2.09. The number of nitrogens with one attached hydrogen (secondary N) is 1. The summed E-state index contributed by atoms with van der Waals surface area (Å²) in [4.78, 5) is 0. The average molecular weight is 394 g/mol. The number of hydrogen-bond acceptors (Lipinski definition) is 3. The van der Waals surface area contributed by atoms with Crippen molar-refractivity contribution in [3.63, 3.8) is 0 Å². The van der Waals surface area contributed by atoms with Gasteiger partial charge in [0.2, 0.25) is 0 Å². The number of benzene rings is 3. The van der Waals surface area contributed by atoms with Crippen molar-refractivity contribution in [1.82, 2.24) is 5.32 Å². The van der Waals surface area contributed by atoms with Gasteiger partial charge in [-0.2, -0.15) is 0 Å². The number of methoxy groups -OCH3 is 1. The minimum Gasteiger partial charge on any atom is -0.493 e. The second-order valence-corrected chi connectivity index (χ2v) is 7.17. The minimum absolute atomic E-state index is 0.164. The zero-order chi connectivity index (χ0) is 20.5. The maximum absolute atomic E-state index is 13.8. The van der Waals surface area contributed by atoms with Crippen LogP contribution in [0.5, 0.6) is 11.5 Å². The van der Waals surface area contributed by atoms with Crippen LogP contribution < -0.4 is 14.8 Å². The third-order valence-corrected chi connectivity index (χ3v) is 4.93. The second kappa shape index (κ2) is 10.6. The lowest BCUT2D eigenvalue weighted by atomic mass is 10.1. The number of hydrogen-bond donors (Lipinski definition) is 1. The molecule has 0 spiro atoms. The van der Waals surface area contributed by atoms with E-state index in [1.54, 1.807) is 25.3 Å². The fraction of sp³-hybridized carbons (Fsp3) is 0.280. The molecular weight excluding hydrogens is 365 g/mol. The van der Waals surface area contributed by atoms with E-state index in [9.17, 15) is 4.39 Å². The van der Waals surface area contributed by atoms with Crippen LogP contribution in [0.25, 0.3) is 0 Å². The SMILES string of the molecule is COc1cc(CNC(C)CCc2ccccc2)ccc1OCc1ccccc1F. The fourth-order valence-corrected chi connectivity index (χ4v) is 3.13. The van der Waals surface area contributed by atoms with E-state index in [0.717, 1.165) is 24.9 Å². The lowest BCUT2D eigenvalue weighted by molar-refractivity contribution is 0.279. The van der Waals surface area contributed by atoms with E-state index in [0.29, 0.717) is 23.1 Å². The molecule has 0 bridgehead atoms. The summed E-state index contributed by atoms with van der Waals surface area (Å²) in [5.74, 6) is 0.992. The van der Waals surface area contributed by atoms with Crippen LogP contribution in [0.1, 0.15) is 30.0 Å². The summed E-state index contributed by atoms with van der Waals surface area (Å²) in [7, 11) is 1.62. The van der Waals surface area contributed by atoms with E-state index in [1.807, 2.05) is 24.3 Å². The van der Waals surface area contributed by atoms with Crippen LogP contribution in [0.15, 0.2) is 72.8 Å². The Morgan fingerprint density at radius 1 is 0.897 bits per heavy atom. The third kappa shape index (κ3) is 6.33. The molecule has 1 atom stereocenters. The monoisotopic (exact) mass is 393 g/mol. The first-order valence-corrected chi connectivity index (χ1v) is 9.96. The number of aryl methyl sites for hydroxylation is 1. The molecule has 0 radical (unpaired) electrons. The Balaban J connectivity index is 1.52. The van der Waals surface area contributed by atoms with Gasteiger partial charge >= 0.3 is 0 Å². The van der Waals surface area contributed by atoms with Crippen LogP contribution in [0, 0.1) is 5.82 Å². The first-order chi connectivity index (χ1) is 14.2. The highest BCUT2D eigenvalue weighted by molar-refractivity contribution is 5.43. The standard InChI is InChI=1S/C25H28FNO2/c1-19(12-13-20-8-4-3-5-9-20)27-17-21-14-15-24(25(16-21)28-2)29-18-22-10-6-7-11-23(22)26/h3-11,14-16,19,27H,12-13,17-18H2,1-2H3. The maximum Gasteiger partial charge on any atom is 0.161 e. The van der Waals surface area contributed by atoms with Crippen molar-refractivity contribution in [3.8, 4) is 11.5 Å². The quantitative estimate of drug-likeness (QED) is 0.492. The van der Waals surface area contributed by atoms with E-state index in [-0.39, 0.29) is 12.4 Å². The normalized spacial score (nSPS) is 11.8. The average Bonchev–Trinajstić information content (AvgIpc) is 2.76. The largest absolute Gasteiger partial charge is 0.493 e. The summed E-state index contributed by atoms with van der Waals surface area (Å²) < 4.78 is 25.0. The molecule has 0 saturated heterocycles. The lowest BCUT2D eigenvalue weighted by Gasteiger charge is -2.16. The van der Waals surface area contributed by atoms with Crippen molar-refractivity contribution >= 4 is 0 Å². The Bertz CT molecular complexity index is 898. The van der Waals surface area contributed by atoms with E-state index in [1.165, 1.54) is 11.6 Å². The summed E-state index contributed by atoms with van der Waals surface area (Å²) in [5, 5.41) is 3.56. The minimum atomic E-state index is -0.267. The van der Waals surface area contributed by atoms with Gasteiger partial charge in [0, 0.05) is 18.2 Å². The molecule has 1 N–H and O–H groups in total. The molecule has 29 heavy (non-hydrogen) atoms. The lowest BCUT2D eigenvalue weighted by Crippen LogP contribution is -2.26. The van der Waals surface area contributed by atoms with Gasteiger partial charge in [-0.05, 0) is 49.1 Å². The van der Waals surface area contributed by atoms with Crippen LogP contribution in [0.2, 0.25) is 0 Å². The predicted molar refractivity (Wildman–Crippen MR) is 115 cm³/mol. The molecule has 3 aromatic carbocycles. The molecule has 0 saturated carbocycles. The predicted octanol–water partition coefficient (Wildman–Crippen LogP) is 5.52. The third-order valence-electron chi connectivity index (χ3n) is 4.93. The topological polar surface area (TPSA) is 30.5 Å². The van der Waals surface area contributed by atoms with Crippen LogP contribution in [-0.2, 0) is 19.6 Å². The van der Waals surface area contributed by atoms with Gasteiger partial charge in [0.25, 0.3) is 0 Å². The van der Waals surface area contributed by atoms with Crippen molar-refractivity contribution in [2.24, 2.45) is 0 Å². The molecule has 3 rings (SSSR count). The van der Waals surface area contributed by atoms with Crippen LogP contribution in [0.3, 0.4) is 0 Å². The molecule has 152 valence electrons. The fourth-order valence-electron chi connectivity index (χ4n) is 3.13. The molecule has 3 aromatic rings. The summed E-state index contributed by atoms with van der Waals surface area (Å²) >= 11 is 0. The highest BCUT2D eigenvalue weighted by Crippen LogP contribution is 2.29. The van der Waals surface area contributed by atoms with Gasteiger partial charge in [-0.25, -0.2) is 4.39 Å². The van der Waals surface area contributed by atoms with Gasteiger partial charge in [0.15, 0.2) is 11.5 Å². The Kier molecular flexibility index (Phi) is 7.65. The van der Waals surface area contributed by atoms with Crippen LogP contribution in [0.4, 0.5) is 4.39 Å². The highest BCUT2D eigenvalue weighted by atomic mass is 19.1. The molecule has 0 fully saturated rings. The molecule has 0 aliphatic heterocycles. The van der Waals surface area contributed by atoms with Gasteiger partial charge in [0.1, 0.15) is 12.4 Å². The first-order valence-electron chi connectivity index (χ1n) is 9.96. The number of ether oxygens (including phenoxy) is 2. The van der Waals surface area contributed by atoms with Crippen molar-refractivity contribution in [2.45, 2.75) is 39.0 Å². The Morgan fingerprint density at radius 2 is 1.66 bits per heavy atom. The van der Waals surface area contributed by atoms with Crippen LogP contribution in [-0.4, -0.2) is 13.2 Å². The Labute approximate surface area is 172 Å². The van der Waals surface area contributed by atoms with Crippen molar-refractivity contribution in [3.05, 3.63) is 95.3 Å². The summed E-state index contributed by atoms with van der Waals surface area (Å²) in [5.41, 5.74) is 3.00. The maximum atomic E-state index is 13.8. The van der Waals surface area contributed by atoms with E-state index >= 15 is 0 Å². The smallest absolute Gasteiger partial charge is 0.161 e. The molecule has 3 nitrogen and oxygen atoms in total. The summed E-state index contributed by atoms with van der Waals surface area (Å²) in [6, 6.07) is 23.4. The Morgan fingerprint density at radius 3 is 2.41 bits per heavy atom. The zero-order valence-electron chi connectivity index (χ0n) is 17.0. The number of rotatable bonds is 10. The van der Waals surface area contributed by atoms with Gasteiger partial charge in [0.05, 0.1) is 7.11 Å². The van der Waals surface area contributed by atoms with Crippen LogP contribution >= 0.6 is 0 Å². The molecular formula is C25H28FNO2. The van der Waals surface area contributed by atoms with Gasteiger partial charge < -0.3 is 14.8 Å². The molecule has 0 aliphatic rings. The molecule has 0 aromatic heterocycles. The molecule has 0 heterocycles. The summed E-state index contributed by atoms with van der Waals surface area (Å²) in [6.07, 6.45) is 2.13. The van der Waals surface area contributed by atoms with Crippen molar-refractivity contribution in [1.29, 1.82) is 0 Å². The first kappa shape index (κ1) is 20.9. The van der Waals surface area contributed by atoms with E-state index < -0.39 is 0 Å². The molecule has 1 unspecified atom stereocenters. The molecule has 4 heteroatoms. The second-order valence-electron chi connectivity index (χ2n) is 7.17. The molecule has 0 aliphatic carbocycles. The van der Waals surface area contributed by atoms with E-state index in [4.69, 9.17) is 9.47 Å². The van der Waals surface area contributed by atoms with Gasteiger partial charge in [-0.15, -0.1) is 0 Å². The van der Waals surface area contributed by atoms with Gasteiger partial charge in [-0.1, -0.05) is 54.6 Å². The summed E-state index contributed by atoms with van der Waals surface area (Å²) in [6.45, 7) is 3.11. The van der Waals surface area contributed by atoms with Crippen molar-refractivity contribution < 1.29 is 13.9 Å².